The number of ether oxygens (including phenoxy) is 1. The number of nitrogens with one attached hydrogen (secondary N) is 2. The molecule has 0 unspecified atom stereocenters. The van der Waals surface area contributed by atoms with Gasteiger partial charge in [-0.2, -0.15) is 5.26 Å². The lowest BCUT2D eigenvalue weighted by Gasteiger charge is -2.09. The monoisotopic (exact) mass is 451 g/mol. The van der Waals surface area contributed by atoms with Gasteiger partial charge in [0.15, 0.2) is 11.3 Å². The van der Waals surface area contributed by atoms with Gasteiger partial charge in [0, 0.05) is 11.1 Å². The largest absolute Gasteiger partial charge is 0.453 e. The summed E-state index contributed by atoms with van der Waals surface area (Å²) in [6.45, 7) is 0.390. The minimum Gasteiger partial charge on any atom is -0.453 e. The Labute approximate surface area is 185 Å². The summed E-state index contributed by atoms with van der Waals surface area (Å²) in [5.41, 5.74) is 8.83. The molecule has 9 nitrogen and oxygen atoms in total. The molecule has 2 aromatic carbocycles. The molecular weight excluding hydrogens is 439 g/mol. The Morgan fingerprint density at radius 3 is 2.90 bits per heavy atom. The molecule has 3 heterocycles. The van der Waals surface area contributed by atoms with Crippen molar-refractivity contribution in [3.05, 3.63) is 63.8 Å². The molecular formula is C20H13Cl2N8O+. The van der Waals surface area contributed by atoms with Crippen LogP contribution in [-0.2, 0) is 6.54 Å². The first-order valence-electron chi connectivity index (χ1n) is 9.07. The fraction of sp³-hybridized carbons (Fsp3) is 0.0500. The van der Waals surface area contributed by atoms with E-state index in [1.165, 1.54) is 0 Å². The minimum absolute atomic E-state index is 0.326. The third-order valence-electron chi connectivity index (χ3n) is 4.70. The van der Waals surface area contributed by atoms with Crippen LogP contribution in [0.2, 0.25) is 10.0 Å². The molecule has 0 atom stereocenters. The molecule has 0 aliphatic rings. The number of nitriles is 1. The molecule has 31 heavy (non-hydrogen) atoms. The highest BCUT2D eigenvalue weighted by Gasteiger charge is 2.18. The van der Waals surface area contributed by atoms with Crippen molar-refractivity contribution in [3.63, 3.8) is 0 Å². The van der Waals surface area contributed by atoms with E-state index in [0.29, 0.717) is 56.2 Å². The Kier molecular flexibility index (Phi) is 4.58. The van der Waals surface area contributed by atoms with E-state index in [4.69, 9.17) is 38.9 Å². The number of fused-ring (bicyclic) bond motifs is 2. The van der Waals surface area contributed by atoms with Gasteiger partial charge in [0.2, 0.25) is 5.82 Å². The number of nitrogens with zero attached hydrogens (tertiary/aromatic N) is 5. The highest BCUT2D eigenvalue weighted by atomic mass is 35.5. The average Bonchev–Trinajstić information content (AvgIpc) is 3.34. The molecule has 0 bridgehead atoms. The van der Waals surface area contributed by atoms with Crippen molar-refractivity contribution < 1.29 is 9.72 Å². The topological polar surface area (TPSA) is 133 Å². The summed E-state index contributed by atoms with van der Waals surface area (Å²) >= 11 is 12.5. The second-order valence-corrected chi connectivity index (χ2v) is 7.60. The third kappa shape index (κ3) is 3.48. The summed E-state index contributed by atoms with van der Waals surface area (Å²) in [7, 11) is 0. The lowest BCUT2D eigenvalue weighted by Crippen LogP contribution is -2.10. The highest BCUT2D eigenvalue weighted by Crippen LogP contribution is 2.36. The van der Waals surface area contributed by atoms with Crippen LogP contribution in [0.1, 0.15) is 11.3 Å². The van der Waals surface area contributed by atoms with E-state index >= 15 is 0 Å². The molecule has 0 spiro atoms. The molecule has 0 radical (unpaired) electrons. The van der Waals surface area contributed by atoms with Crippen molar-refractivity contribution in [3.8, 4) is 17.6 Å². The van der Waals surface area contributed by atoms with Crippen LogP contribution in [-0.4, -0.2) is 25.2 Å². The molecule has 5 aromatic rings. The first kappa shape index (κ1) is 19.1. The van der Waals surface area contributed by atoms with Gasteiger partial charge in [-0.1, -0.05) is 28.4 Å². The molecule has 0 fully saturated rings. The Hall–Kier alpha value is -3.87. The molecule has 0 amide bonds. The van der Waals surface area contributed by atoms with Gasteiger partial charge in [-0.05, 0) is 41.5 Å². The van der Waals surface area contributed by atoms with Crippen molar-refractivity contribution in [2.24, 2.45) is 0 Å². The Morgan fingerprint density at radius 1 is 1.19 bits per heavy atom. The second kappa shape index (κ2) is 7.43. The normalized spacial score (nSPS) is 11.1. The zero-order valence-electron chi connectivity index (χ0n) is 15.7. The third-order valence-corrected chi connectivity index (χ3v) is 5.21. The number of H-pyrrole nitrogens is 2. The van der Waals surface area contributed by atoms with Crippen LogP contribution in [0.3, 0.4) is 0 Å². The molecule has 152 valence electrons. The highest BCUT2D eigenvalue weighted by molar-refractivity contribution is 6.33. The maximum absolute atomic E-state index is 9.16. The first-order chi connectivity index (χ1) is 15.0. The molecule has 0 saturated carbocycles. The van der Waals surface area contributed by atoms with Crippen LogP contribution in [0, 0.1) is 11.3 Å². The quantitative estimate of drug-likeness (QED) is 0.427. The van der Waals surface area contributed by atoms with Crippen molar-refractivity contribution >= 4 is 51.1 Å². The molecule has 5 rings (SSSR count). The SMILES string of the molecule is N#Cc1cc(Cl)cc(Oc2c(Cl)ccc3c2nnn3Cc2[nH]nc3[nH+]c(N)ccc23)c1. The summed E-state index contributed by atoms with van der Waals surface area (Å²) in [5.74, 6) is 1.22. The summed E-state index contributed by atoms with van der Waals surface area (Å²) < 4.78 is 7.66. The van der Waals surface area contributed by atoms with Crippen molar-refractivity contribution in [1.29, 1.82) is 5.26 Å². The standard InChI is InChI=1S/C20H12Cl2N8O/c21-11-5-10(8-23)6-12(7-11)31-19-14(22)2-3-16-18(19)27-29-30(16)9-15-13-1-4-17(24)25-20(13)28-26-15/h1-7H,9H2,(H3,24,25,26,28)/p+1. The van der Waals surface area contributed by atoms with E-state index in [1.807, 2.05) is 18.2 Å². The molecule has 0 aliphatic heterocycles. The number of pyridine rings is 1. The number of nitrogen functional groups attached to an aromatic ring is 1. The Balaban J connectivity index is 1.54. The predicted molar refractivity (Wildman–Crippen MR) is 115 cm³/mol. The van der Waals surface area contributed by atoms with Crippen LogP contribution in [0.5, 0.6) is 11.5 Å². The summed E-state index contributed by atoms with van der Waals surface area (Å²) in [5, 5.41) is 26.6. The number of hydrogen-bond acceptors (Lipinski definition) is 6. The number of nitrogens with two attached hydrogens (primary N) is 1. The molecule has 11 heteroatoms. The summed E-state index contributed by atoms with van der Waals surface area (Å²) in [4.78, 5) is 3.00. The van der Waals surface area contributed by atoms with Gasteiger partial charge < -0.3 is 10.5 Å². The van der Waals surface area contributed by atoms with Crippen LogP contribution in [0.15, 0.2) is 42.5 Å². The summed E-state index contributed by atoms with van der Waals surface area (Å²) in [6.07, 6.45) is 0. The number of benzene rings is 2. The number of anilines is 1. The van der Waals surface area contributed by atoms with Crippen molar-refractivity contribution in [2.75, 3.05) is 5.73 Å². The lowest BCUT2D eigenvalue weighted by atomic mass is 10.2. The Morgan fingerprint density at radius 2 is 2.06 bits per heavy atom. The van der Waals surface area contributed by atoms with E-state index in [9.17, 15) is 0 Å². The fourth-order valence-corrected chi connectivity index (χ4v) is 3.71. The average molecular weight is 452 g/mol. The van der Waals surface area contributed by atoms with E-state index in [0.717, 1.165) is 11.1 Å². The molecule has 3 aromatic heterocycles. The summed E-state index contributed by atoms with van der Waals surface area (Å²) in [6, 6.07) is 13.9. The first-order valence-corrected chi connectivity index (χ1v) is 9.82. The van der Waals surface area contributed by atoms with Crippen molar-refractivity contribution in [2.45, 2.75) is 6.54 Å². The van der Waals surface area contributed by atoms with E-state index in [1.54, 1.807) is 35.0 Å². The van der Waals surface area contributed by atoms with Gasteiger partial charge in [-0.25, -0.2) is 14.8 Å². The predicted octanol–water partition coefficient (Wildman–Crippen LogP) is 3.72. The van der Waals surface area contributed by atoms with Crippen molar-refractivity contribution in [1.82, 2.24) is 25.2 Å². The maximum Gasteiger partial charge on any atom is 0.293 e. The number of halogens is 2. The minimum atomic E-state index is 0.326. The van der Waals surface area contributed by atoms with E-state index < -0.39 is 0 Å². The molecule has 4 N–H and O–H groups in total. The smallest absolute Gasteiger partial charge is 0.293 e. The molecule has 0 aliphatic carbocycles. The van der Waals surface area contributed by atoms with E-state index in [-0.39, 0.29) is 0 Å². The van der Waals surface area contributed by atoms with Gasteiger partial charge in [0.05, 0.1) is 39.8 Å². The number of hydrogen-bond donors (Lipinski definition) is 2. The van der Waals surface area contributed by atoms with E-state index in [2.05, 4.69) is 25.5 Å². The van der Waals surface area contributed by atoms with Crippen LogP contribution >= 0.6 is 23.2 Å². The zero-order chi connectivity index (χ0) is 21.5. The van der Waals surface area contributed by atoms with Gasteiger partial charge in [-0.3, -0.25) is 0 Å². The van der Waals surface area contributed by atoms with Gasteiger partial charge in [-0.15, -0.1) is 5.10 Å². The zero-order valence-corrected chi connectivity index (χ0v) is 17.2. The Bertz CT molecular complexity index is 1500. The number of rotatable bonds is 4. The lowest BCUT2D eigenvalue weighted by molar-refractivity contribution is -0.329. The maximum atomic E-state index is 9.16. The van der Waals surface area contributed by atoms with Crippen LogP contribution in [0.4, 0.5) is 5.82 Å². The number of aromatic amines is 2. The van der Waals surface area contributed by atoms with Gasteiger partial charge in [0.1, 0.15) is 5.75 Å². The van der Waals surface area contributed by atoms with Gasteiger partial charge >= 0.3 is 0 Å². The molecule has 0 saturated heterocycles. The van der Waals surface area contributed by atoms with Crippen LogP contribution < -0.4 is 15.5 Å². The number of aromatic nitrogens is 6. The fourth-order valence-electron chi connectivity index (χ4n) is 3.29. The second-order valence-electron chi connectivity index (χ2n) is 6.76. The van der Waals surface area contributed by atoms with Crippen LogP contribution in [0.25, 0.3) is 22.1 Å². The van der Waals surface area contributed by atoms with Gasteiger partial charge in [0.25, 0.3) is 5.65 Å².